The van der Waals surface area contributed by atoms with E-state index in [1.165, 1.54) is 0 Å². The molecule has 1 aromatic heterocycles. The molecule has 0 aliphatic carbocycles. The number of thiocarbonyl (C=S) groups is 1. The standard InChI is InChI=1S/C12H17N5OS/c1-14-12(18)8-3-6-17(7-4-8)11-9(10(13)19)2-5-15-16-11/h2,5,8H,3-4,6-7H2,1H3,(H2,13,19)(H,14,18). The van der Waals surface area contributed by atoms with Crippen molar-refractivity contribution in [2.24, 2.45) is 11.7 Å². The van der Waals surface area contributed by atoms with Crippen LogP contribution in [0.15, 0.2) is 12.3 Å². The predicted molar refractivity (Wildman–Crippen MR) is 76.9 cm³/mol. The lowest BCUT2D eigenvalue weighted by Gasteiger charge is -2.32. The molecule has 3 N–H and O–H groups in total. The van der Waals surface area contributed by atoms with Crippen LogP contribution < -0.4 is 16.0 Å². The lowest BCUT2D eigenvalue weighted by Crippen LogP contribution is -2.40. The Morgan fingerprint density at radius 3 is 2.79 bits per heavy atom. The number of amides is 1. The van der Waals surface area contributed by atoms with Crippen LogP contribution >= 0.6 is 12.2 Å². The number of anilines is 1. The van der Waals surface area contributed by atoms with Crippen molar-refractivity contribution < 1.29 is 4.79 Å². The van der Waals surface area contributed by atoms with E-state index in [0.717, 1.165) is 31.5 Å². The summed E-state index contributed by atoms with van der Waals surface area (Å²) in [6, 6.07) is 1.77. The number of nitrogens with one attached hydrogen (secondary N) is 1. The molecule has 2 heterocycles. The molecule has 0 unspecified atom stereocenters. The fourth-order valence-corrected chi connectivity index (χ4v) is 2.47. The Hall–Kier alpha value is -1.76. The van der Waals surface area contributed by atoms with Crippen molar-refractivity contribution in [3.05, 3.63) is 17.8 Å². The summed E-state index contributed by atoms with van der Waals surface area (Å²) in [4.78, 5) is 14.0. The maximum absolute atomic E-state index is 11.6. The molecular formula is C12H17N5OS. The number of hydrogen-bond donors (Lipinski definition) is 2. The van der Waals surface area contributed by atoms with Gasteiger partial charge in [0.25, 0.3) is 0 Å². The van der Waals surface area contributed by atoms with E-state index >= 15 is 0 Å². The van der Waals surface area contributed by atoms with Gasteiger partial charge in [0.2, 0.25) is 5.91 Å². The molecule has 0 radical (unpaired) electrons. The maximum atomic E-state index is 11.6. The number of piperidine rings is 1. The Labute approximate surface area is 117 Å². The molecule has 1 fully saturated rings. The minimum Gasteiger partial charge on any atom is -0.389 e. The summed E-state index contributed by atoms with van der Waals surface area (Å²) in [7, 11) is 1.67. The Kier molecular flexibility index (Phi) is 4.26. The first-order valence-electron chi connectivity index (χ1n) is 6.21. The smallest absolute Gasteiger partial charge is 0.222 e. The van der Waals surface area contributed by atoms with Crippen LogP contribution in [0.4, 0.5) is 5.82 Å². The van der Waals surface area contributed by atoms with Crippen molar-refractivity contribution in [3.63, 3.8) is 0 Å². The average Bonchev–Trinajstić information content (AvgIpc) is 2.46. The molecule has 1 amide bonds. The van der Waals surface area contributed by atoms with Gasteiger partial charge in [0.1, 0.15) is 4.99 Å². The van der Waals surface area contributed by atoms with Gasteiger partial charge in [-0.25, -0.2) is 0 Å². The summed E-state index contributed by atoms with van der Waals surface area (Å²) in [5.41, 5.74) is 6.43. The summed E-state index contributed by atoms with van der Waals surface area (Å²) in [6.45, 7) is 1.51. The molecule has 0 atom stereocenters. The number of rotatable bonds is 3. The third-order valence-electron chi connectivity index (χ3n) is 3.38. The summed E-state index contributed by atoms with van der Waals surface area (Å²) < 4.78 is 0. The Bertz CT molecular complexity index is 485. The van der Waals surface area contributed by atoms with E-state index in [2.05, 4.69) is 20.4 Å². The molecule has 0 bridgehead atoms. The lowest BCUT2D eigenvalue weighted by molar-refractivity contribution is -0.125. The van der Waals surface area contributed by atoms with E-state index in [1.807, 2.05) is 0 Å². The second-order valence-electron chi connectivity index (χ2n) is 4.51. The van der Waals surface area contributed by atoms with E-state index in [4.69, 9.17) is 18.0 Å². The Morgan fingerprint density at radius 1 is 1.53 bits per heavy atom. The van der Waals surface area contributed by atoms with Gasteiger partial charge in [0.15, 0.2) is 5.82 Å². The third kappa shape index (κ3) is 2.98. The molecule has 1 aromatic rings. The quantitative estimate of drug-likeness (QED) is 0.762. The maximum Gasteiger partial charge on any atom is 0.222 e. The van der Waals surface area contributed by atoms with Crippen molar-refractivity contribution in [3.8, 4) is 0 Å². The first-order valence-corrected chi connectivity index (χ1v) is 6.62. The first kappa shape index (κ1) is 13.7. The van der Waals surface area contributed by atoms with Gasteiger partial charge in [0.05, 0.1) is 11.8 Å². The average molecular weight is 279 g/mol. The number of carbonyl (C=O) groups is 1. The van der Waals surface area contributed by atoms with Crippen LogP contribution in [-0.4, -0.2) is 41.2 Å². The van der Waals surface area contributed by atoms with Gasteiger partial charge >= 0.3 is 0 Å². The van der Waals surface area contributed by atoms with Crippen LogP contribution in [0.1, 0.15) is 18.4 Å². The highest BCUT2D eigenvalue weighted by Gasteiger charge is 2.26. The third-order valence-corrected chi connectivity index (χ3v) is 3.60. The van der Waals surface area contributed by atoms with Crippen LogP contribution in [0.2, 0.25) is 0 Å². The summed E-state index contributed by atoms with van der Waals surface area (Å²) in [5, 5.41) is 10.7. The molecular weight excluding hydrogens is 262 g/mol. The first-order chi connectivity index (χ1) is 9.13. The van der Waals surface area contributed by atoms with Crippen molar-refractivity contribution in [1.29, 1.82) is 0 Å². The van der Waals surface area contributed by atoms with E-state index in [-0.39, 0.29) is 11.8 Å². The topological polar surface area (TPSA) is 84.1 Å². The molecule has 19 heavy (non-hydrogen) atoms. The largest absolute Gasteiger partial charge is 0.389 e. The van der Waals surface area contributed by atoms with Crippen molar-refractivity contribution >= 4 is 28.9 Å². The summed E-state index contributed by atoms with van der Waals surface area (Å²) in [5.74, 6) is 0.893. The van der Waals surface area contributed by atoms with Gasteiger partial charge in [0, 0.05) is 26.1 Å². The predicted octanol–water partition coefficient (Wildman–Crippen LogP) is 0.0732. The van der Waals surface area contributed by atoms with Gasteiger partial charge in [-0.15, -0.1) is 5.10 Å². The molecule has 1 saturated heterocycles. The monoisotopic (exact) mass is 279 g/mol. The van der Waals surface area contributed by atoms with Gasteiger partial charge in [-0.1, -0.05) is 12.2 Å². The zero-order valence-electron chi connectivity index (χ0n) is 10.8. The minimum atomic E-state index is 0.0752. The normalized spacial score (nSPS) is 16.2. The lowest BCUT2D eigenvalue weighted by atomic mass is 9.96. The molecule has 0 saturated carbocycles. The van der Waals surface area contributed by atoms with Crippen LogP contribution in [0, 0.1) is 5.92 Å². The highest BCUT2D eigenvalue weighted by atomic mass is 32.1. The minimum absolute atomic E-state index is 0.0752. The Morgan fingerprint density at radius 2 is 2.21 bits per heavy atom. The van der Waals surface area contributed by atoms with Gasteiger partial charge in [-0.3, -0.25) is 4.79 Å². The fraction of sp³-hybridized carbons (Fsp3) is 0.500. The number of carbonyl (C=O) groups excluding carboxylic acids is 1. The van der Waals surface area contributed by atoms with E-state index in [0.29, 0.717) is 10.8 Å². The van der Waals surface area contributed by atoms with Gasteiger partial charge < -0.3 is 16.0 Å². The van der Waals surface area contributed by atoms with Crippen molar-refractivity contribution in [2.75, 3.05) is 25.0 Å². The Balaban J connectivity index is 2.10. The molecule has 2 rings (SSSR count). The molecule has 0 spiro atoms. The number of nitrogens with zero attached hydrogens (tertiary/aromatic N) is 3. The van der Waals surface area contributed by atoms with E-state index in [1.54, 1.807) is 19.3 Å². The van der Waals surface area contributed by atoms with Crippen LogP contribution in [0.3, 0.4) is 0 Å². The molecule has 102 valence electrons. The zero-order chi connectivity index (χ0) is 13.8. The van der Waals surface area contributed by atoms with Crippen LogP contribution in [-0.2, 0) is 4.79 Å². The van der Waals surface area contributed by atoms with Crippen molar-refractivity contribution in [1.82, 2.24) is 15.5 Å². The highest BCUT2D eigenvalue weighted by Crippen LogP contribution is 2.24. The number of hydrogen-bond acceptors (Lipinski definition) is 5. The number of aromatic nitrogens is 2. The van der Waals surface area contributed by atoms with Gasteiger partial charge in [-0.05, 0) is 18.9 Å². The van der Waals surface area contributed by atoms with Crippen LogP contribution in [0.5, 0.6) is 0 Å². The number of nitrogens with two attached hydrogens (primary N) is 1. The van der Waals surface area contributed by atoms with E-state index < -0.39 is 0 Å². The molecule has 1 aliphatic heterocycles. The van der Waals surface area contributed by atoms with Crippen molar-refractivity contribution in [2.45, 2.75) is 12.8 Å². The van der Waals surface area contributed by atoms with Gasteiger partial charge in [-0.2, -0.15) is 5.10 Å². The molecule has 6 nitrogen and oxygen atoms in total. The summed E-state index contributed by atoms with van der Waals surface area (Å²) in [6.07, 6.45) is 3.18. The van der Waals surface area contributed by atoms with Crippen LogP contribution in [0.25, 0.3) is 0 Å². The SMILES string of the molecule is CNC(=O)C1CCN(c2nnccc2C(N)=S)CC1. The highest BCUT2D eigenvalue weighted by molar-refractivity contribution is 7.80. The summed E-state index contributed by atoms with van der Waals surface area (Å²) >= 11 is 5.02. The second-order valence-corrected chi connectivity index (χ2v) is 4.95. The fourth-order valence-electron chi connectivity index (χ4n) is 2.31. The molecule has 7 heteroatoms. The second kappa shape index (κ2) is 5.92. The molecule has 0 aromatic carbocycles. The van der Waals surface area contributed by atoms with E-state index in [9.17, 15) is 4.79 Å². The zero-order valence-corrected chi connectivity index (χ0v) is 11.6. The molecule has 1 aliphatic rings.